The lowest BCUT2D eigenvalue weighted by Crippen LogP contribution is -2.13. The van der Waals surface area contributed by atoms with Gasteiger partial charge in [-0.1, -0.05) is 64.6 Å². The summed E-state index contributed by atoms with van der Waals surface area (Å²) in [5, 5.41) is 12.9. The predicted octanol–water partition coefficient (Wildman–Crippen LogP) is 7.07. The number of carbonyl (C=O) groups is 2. The zero-order valence-electron chi connectivity index (χ0n) is 16.0. The van der Waals surface area contributed by atoms with Crippen molar-refractivity contribution >= 4 is 70.0 Å². The number of anilines is 1. The molecular weight excluding hydrogens is 494 g/mol. The minimum absolute atomic E-state index is 0.154. The van der Waals surface area contributed by atoms with Gasteiger partial charge in [0.05, 0.1) is 26.3 Å². The van der Waals surface area contributed by atoms with Gasteiger partial charge in [-0.05, 0) is 54.1 Å². The Hall–Kier alpha value is -3.01. The van der Waals surface area contributed by atoms with Crippen LogP contribution in [0.1, 0.15) is 15.9 Å². The van der Waals surface area contributed by atoms with E-state index >= 15 is 0 Å². The summed E-state index contributed by atoms with van der Waals surface area (Å²) in [6.07, 6.45) is 1.38. The van der Waals surface area contributed by atoms with Crippen molar-refractivity contribution in [3.63, 3.8) is 0 Å². The van der Waals surface area contributed by atoms with Gasteiger partial charge in [0.15, 0.2) is 0 Å². The van der Waals surface area contributed by atoms with Gasteiger partial charge in [-0.2, -0.15) is 5.26 Å². The molecule has 0 bridgehead atoms. The first-order valence-electron chi connectivity index (χ1n) is 8.93. The van der Waals surface area contributed by atoms with E-state index in [1.54, 1.807) is 30.3 Å². The lowest BCUT2D eigenvalue weighted by atomic mass is 10.1. The average Bonchev–Trinajstić information content (AvgIpc) is 2.76. The maximum atomic E-state index is 12.4. The van der Waals surface area contributed by atoms with Crippen LogP contribution >= 0.6 is 46.4 Å². The van der Waals surface area contributed by atoms with E-state index in [4.69, 9.17) is 51.1 Å². The zero-order valence-corrected chi connectivity index (χ0v) is 19.1. The van der Waals surface area contributed by atoms with E-state index in [1.807, 2.05) is 6.07 Å². The summed E-state index contributed by atoms with van der Waals surface area (Å²) in [6.45, 7) is 0. The highest BCUT2D eigenvalue weighted by atomic mass is 35.5. The molecule has 0 spiro atoms. The molecule has 0 aliphatic heterocycles. The SMILES string of the molecule is N#C/C(=C\c1ccc(OC(=O)c2ccc(Cl)cc2Cl)cc1)C(=O)Nc1cccc(Cl)c1Cl. The van der Waals surface area contributed by atoms with Crippen molar-refractivity contribution in [3.05, 3.63) is 97.5 Å². The Balaban J connectivity index is 1.72. The van der Waals surface area contributed by atoms with Gasteiger partial charge in [-0.15, -0.1) is 0 Å². The Kier molecular flexibility index (Phi) is 7.79. The minimum Gasteiger partial charge on any atom is -0.423 e. The Morgan fingerprint density at radius 3 is 2.31 bits per heavy atom. The molecule has 1 amide bonds. The largest absolute Gasteiger partial charge is 0.423 e. The van der Waals surface area contributed by atoms with Crippen LogP contribution in [0.25, 0.3) is 6.08 Å². The summed E-state index contributed by atoms with van der Waals surface area (Å²) in [5.74, 6) is -1.04. The summed E-state index contributed by atoms with van der Waals surface area (Å²) >= 11 is 23.8. The second-order valence-corrected chi connectivity index (χ2v) is 7.94. The van der Waals surface area contributed by atoms with Crippen LogP contribution < -0.4 is 10.1 Å². The average molecular weight is 506 g/mol. The molecule has 0 saturated carbocycles. The Bertz CT molecular complexity index is 1270. The zero-order chi connectivity index (χ0) is 23.3. The van der Waals surface area contributed by atoms with Crippen LogP contribution in [-0.2, 0) is 4.79 Å². The number of hydrogen-bond acceptors (Lipinski definition) is 4. The fourth-order valence-corrected chi connectivity index (χ4v) is 3.39. The molecule has 3 aromatic rings. The smallest absolute Gasteiger partial charge is 0.345 e. The van der Waals surface area contributed by atoms with Gasteiger partial charge < -0.3 is 10.1 Å². The van der Waals surface area contributed by atoms with Crippen LogP contribution in [0.4, 0.5) is 5.69 Å². The minimum atomic E-state index is -0.649. The normalized spacial score (nSPS) is 10.9. The second-order valence-electron chi connectivity index (χ2n) is 6.31. The number of hydrogen-bond donors (Lipinski definition) is 1. The summed E-state index contributed by atoms with van der Waals surface area (Å²) in [6, 6.07) is 17.3. The topological polar surface area (TPSA) is 79.2 Å². The molecule has 0 saturated heterocycles. The van der Waals surface area contributed by atoms with Crippen molar-refractivity contribution in [2.75, 3.05) is 5.32 Å². The molecule has 0 radical (unpaired) electrons. The highest BCUT2D eigenvalue weighted by molar-refractivity contribution is 6.44. The molecule has 3 rings (SSSR count). The van der Waals surface area contributed by atoms with E-state index in [9.17, 15) is 14.9 Å². The molecule has 0 aliphatic rings. The van der Waals surface area contributed by atoms with Gasteiger partial charge in [-0.25, -0.2) is 4.79 Å². The number of benzene rings is 3. The molecule has 1 N–H and O–H groups in total. The van der Waals surface area contributed by atoms with E-state index in [0.29, 0.717) is 10.6 Å². The number of nitrogens with one attached hydrogen (secondary N) is 1. The summed E-state index contributed by atoms with van der Waals surface area (Å²) in [4.78, 5) is 24.7. The van der Waals surface area contributed by atoms with E-state index < -0.39 is 11.9 Å². The first-order valence-corrected chi connectivity index (χ1v) is 10.4. The van der Waals surface area contributed by atoms with Crippen LogP contribution in [0.15, 0.2) is 66.2 Å². The monoisotopic (exact) mass is 504 g/mol. The third-order valence-electron chi connectivity index (χ3n) is 4.12. The van der Waals surface area contributed by atoms with Gasteiger partial charge in [-0.3, -0.25) is 4.79 Å². The van der Waals surface area contributed by atoms with E-state index in [1.165, 1.54) is 36.4 Å². The highest BCUT2D eigenvalue weighted by Gasteiger charge is 2.15. The molecule has 0 heterocycles. The van der Waals surface area contributed by atoms with Crippen LogP contribution in [0.3, 0.4) is 0 Å². The summed E-state index contributed by atoms with van der Waals surface area (Å²) < 4.78 is 5.30. The van der Waals surface area contributed by atoms with E-state index in [-0.39, 0.29) is 37.6 Å². The third kappa shape index (κ3) is 5.82. The van der Waals surface area contributed by atoms with Crippen molar-refractivity contribution in [2.24, 2.45) is 0 Å². The molecular formula is C23H12Cl4N2O3. The number of esters is 1. The highest BCUT2D eigenvalue weighted by Crippen LogP contribution is 2.30. The standard InChI is InChI=1S/C23H12Cl4N2O3/c24-15-6-9-17(19(26)11-15)23(31)32-16-7-4-13(5-8-16)10-14(12-28)22(30)29-20-3-1-2-18(25)21(20)27/h1-11H,(H,29,30)/b14-10+. The first-order chi connectivity index (χ1) is 15.3. The van der Waals surface area contributed by atoms with Crippen LogP contribution in [0.2, 0.25) is 20.1 Å². The maximum Gasteiger partial charge on any atom is 0.345 e. The third-order valence-corrected chi connectivity index (χ3v) is 5.48. The molecule has 0 unspecified atom stereocenters. The predicted molar refractivity (Wildman–Crippen MR) is 127 cm³/mol. The molecule has 0 atom stereocenters. The number of nitriles is 1. The Morgan fingerprint density at radius 1 is 0.938 bits per heavy atom. The lowest BCUT2D eigenvalue weighted by molar-refractivity contribution is -0.112. The van der Waals surface area contributed by atoms with Gasteiger partial charge in [0, 0.05) is 5.02 Å². The van der Waals surface area contributed by atoms with Crippen LogP contribution in [0.5, 0.6) is 5.75 Å². The molecule has 3 aromatic carbocycles. The fourth-order valence-electron chi connectivity index (χ4n) is 2.55. The Labute approximate surface area is 203 Å². The number of nitrogens with zero attached hydrogens (tertiary/aromatic N) is 1. The van der Waals surface area contributed by atoms with Gasteiger partial charge >= 0.3 is 5.97 Å². The second kappa shape index (κ2) is 10.5. The van der Waals surface area contributed by atoms with Gasteiger partial charge in [0.2, 0.25) is 0 Å². The first kappa shape index (κ1) is 23.6. The summed E-state index contributed by atoms with van der Waals surface area (Å²) in [7, 11) is 0. The number of rotatable bonds is 5. The van der Waals surface area contributed by atoms with Gasteiger partial charge in [0.1, 0.15) is 17.4 Å². The van der Waals surface area contributed by atoms with E-state index in [0.717, 1.165) is 0 Å². The summed E-state index contributed by atoms with van der Waals surface area (Å²) in [5.41, 5.74) is 0.841. The van der Waals surface area contributed by atoms with Crippen molar-refractivity contribution in [1.82, 2.24) is 0 Å². The molecule has 0 aliphatic carbocycles. The lowest BCUT2D eigenvalue weighted by Gasteiger charge is -2.08. The van der Waals surface area contributed by atoms with Gasteiger partial charge in [0.25, 0.3) is 5.91 Å². The molecule has 160 valence electrons. The van der Waals surface area contributed by atoms with Crippen molar-refractivity contribution in [3.8, 4) is 11.8 Å². The van der Waals surface area contributed by atoms with Crippen molar-refractivity contribution in [1.29, 1.82) is 5.26 Å². The molecule has 0 fully saturated rings. The number of carbonyl (C=O) groups excluding carboxylic acids is 2. The van der Waals surface area contributed by atoms with Crippen LogP contribution in [0, 0.1) is 11.3 Å². The fraction of sp³-hybridized carbons (Fsp3) is 0. The maximum absolute atomic E-state index is 12.4. The van der Waals surface area contributed by atoms with Crippen LogP contribution in [-0.4, -0.2) is 11.9 Å². The Morgan fingerprint density at radius 2 is 1.66 bits per heavy atom. The molecule has 0 aromatic heterocycles. The number of halogens is 4. The number of ether oxygens (including phenoxy) is 1. The molecule has 5 nitrogen and oxygen atoms in total. The van der Waals surface area contributed by atoms with Crippen molar-refractivity contribution < 1.29 is 14.3 Å². The molecule has 9 heteroatoms. The number of amides is 1. The van der Waals surface area contributed by atoms with E-state index in [2.05, 4.69) is 5.32 Å². The quantitative estimate of drug-likeness (QED) is 0.174. The van der Waals surface area contributed by atoms with Crippen molar-refractivity contribution in [2.45, 2.75) is 0 Å². The molecule has 32 heavy (non-hydrogen) atoms.